The molecule has 2 unspecified atom stereocenters. The minimum Gasteiger partial charge on any atom is -0.497 e. The summed E-state index contributed by atoms with van der Waals surface area (Å²) >= 11 is 0. The molecule has 0 spiro atoms. The van der Waals surface area contributed by atoms with Crippen LogP contribution in [0.5, 0.6) is 5.75 Å². The molecule has 1 aliphatic carbocycles. The number of aryl methyl sites for hydroxylation is 1. The topological polar surface area (TPSA) is 64.4 Å². The molecular formula is C16H20N2O3. The molecule has 0 radical (unpaired) electrons. The Hall–Kier alpha value is -2.04. The van der Waals surface area contributed by atoms with Gasteiger partial charge in [-0.15, -0.1) is 0 Å². The fourth-order valence-electron chi connectivity index (χ4n) is 3.41. The minimum atomic E-state index is -0.739. The molecular weight excluding hydrogens is 268 g/mol. The monoisotopic (exact) mass is 288 g/mol. The lowest BCUT2D eigenvalue weighted by atomic mass is 10.1. The molecule has 1 aromatic heterocycles. The molecule has 1 aliphatic rings. The van der Waals surface area contributed by atoms with Crippen molar-refractivity contribution in [3.8, 4) is 5.75 Å². The lowest BCUT2D eigenvalue weighted by Gasteiger charge is -2.07. The average Bonchev–Trinajstić information content (AvgIpc) is 2.86. The second-order valence-electron chi connectivity index (χ2n) is 6.18. The highest BCUT2D eigenvalue weighted by Crippen LogP contribution is 2.64. The molecule has 112 valence electrons. The highest BCUT2D eigenvalue weighted by Gasteiger charge is 2.64. The zero-order valence-electron chi connectivity index (χ0n) is 12.8. The Kier molecular flexibility index (Phi) is 2.97. The number of carboxylic acids is 1. The molecule has 5 heteroatoms. The summed E-state index contributed by atoms with van der Waals surface area (Å²) in [4.78, 5) is 16.1. The largest absolute Gasteiger partial charge is 0.497 e. The molecule has 21 heavy (non-hydrogen) atoms. The predicted molar refractivity (Wildman–Crippen MR) is 79.6 cm³/mol. The third-order valence-corrected chi connectivity index (χ3v) is 4.67. The van der Waals surface area contributed by atoms with Crippen LogP contribution in [0.2, 0.25) is 0 Å². The summed E-state index contributed by atoms with van der Waals surface area (Å²) in [7, 11) is 1.63. The van der Waals surface area contributed by atoms with Gasteiger partial charge in [-0.25, -0.2) is 4.98 Å². The summed E-state index contributed by atoms with van der Waals surface area (Å²) in [6.45, 7) is 6.82. The van der Waals surface area contributed by atoms with E-state index in [1.54, 1.807) is 7.11 Å². The van der Waals surface area contributed by atoms with Gasteiger partial charge >= 0.3 is 5.97 Å². The number of benzene rings is 1. The number of methoxy groups -OCH3 is 1. The maximum Gasteiger partial charge on any atom is 0.307 e. The summed E-state index contributed by atoms with van der Waals surface area (Å²) < 4.78 is 7.35. The summed E-state index contributed by atoms with van der Waals surface area (Å²) in [5.74, 6) is 0.505. The van der Waals surface area contributed by atoms with E-state index < -0.39 is 5.97 Å². The van der Waals surface area contributed by atoms with Gasteiger partial charge in [0.15, 0.2) is 0 Å². The first-order chi connectivity index (χ1) is 9.91. The Morgan fingerprint density at radius 3 is 2.71 bits per heavy atom. The molecule has 0 saturated heterocycles. The van der Waals surface area contributed by atoms with Gasteiger partial charge in [0.1, 0.15) is 11.6 Å². The van der Waals surface area contributed by atoms with Crippen molar-refractivity contribution in [3.05, 3.63) is 24.0 Å². The first-order valence-electron chi connectivity index (χ1n) is 7.18. The van der Waals surface area contributed by atoms with Gasteiger partial charge in [-0.2, -0.15) is 0 Å². The van der Waals surface area contributed by atoms with Crippen LogP contribution in [0.15, 0.2) is 18.2 Å². The van der Waals surface area contributed by atoms with Crippen LogP contribution < -0.4 is 4.74 Å². The number of rotatable bonds is 4. The number of nitrogens with zero attached hydrogens (tertiary/aromatic N) is 2. The summed E-state index contributed by atoms with van der Waals surface area (Å²) in [5.41, 5.74) is 1.64. The van der Waals surface area contributed by atoms with Crippen LogP contribution in [0.4, 0.5) is 0 Å². The Morgan fingerprint density at radius 2 is 2.19 bits per heavy atom. The second-order valence-corrected chi connectivity index (χ2v) is 6.18. The Labute approximate surface area is 123 Å². The SMILES string of the molecule is CCn1c(C2C(C(=O)O)C2(C)C)nc2cc(OC)ccc21. The summed E-state index contributed by atoms with van der Waals surface area (Å²) in [6.07, 6.45) is 0. The second kappa shape index (κ2) is 4.48. The number of carboxylic acid groups (broad SMARTS) is 1. The fourth-order valence-corrected chi connectivity index (χ4v) is 3.41. The number of imidazole rings is 1. The van der Waals surface area contributed by atoms with Crippen LogP contribution in [-0.4, -0.2) is 27.7 Å². The van der Waals surface area contributed by atoms with Crippen LogP contribution in [0.25, 0.3) is 11.0 Å². The maximum atomic E-state index is 11.4. The van der Waals surface area contributed by atoms with Crippen LogP contribution in [0.1, 0.15) is 32.5 Å². The number of carbonyl (C=O) groups is 1. The zero-order valence-corrected chi connectivity index (χ0v) is 12.8. The number of ether oxygens (including phenoxy) is 1. The molecule has 1 N–H and O–H groups in total. The first-order valence-corrected chi connectivity index (χ1v) is 7.18. The van der Waals surface area contributed by atoms with E-state index in [1.165, 1.54) is 0 Å². The van der Waals surface area contributed by atoms with Crippen molar-refractivity contribution in [2.75, 3.05) is 7.11 Å². The average molecular weight is 288 g/mol. The highest BCUT2D eigenvalue weighted by atomic mass is 16.5. The molecule has 3 rings (SSSR count). The van der Waals surface area contributed by atoms with Crippen molar-refractivity contribution in [1.82, 2.24) is 9.55 Å². The summed E-state index contributed by atoms with van der Waals surface area (Å²) in [6, 6.07) is 5.79. The van der Waals surface area contributed by atoms with Gasteiger partial charge < -0.3 is 14.4 Å². The molecule has 1 saturated carbocycles. The Bertz CT molecular complexity index is 718. The van der Waals surface area contributed by atoms with Crippen molar-refractivity contribution in [2.24, 2.45) is 11.3 Å². The molecule has 1 fully saturated rings. The highest BCUT2D eigenvalue weighted by molar-refractivity contribution is 5.80. The van der Waals surface area contributed by atoms with Crippen LogP contribution in [0.3, 0.4) is 0 Å². The van der Waals surface area contributed by atoms with Gasteiger partial charge in [-0.3, -0.25) is 4.79 Å². The normalized spacial score (nSPS) is 23.2. The number of hydrogen-bond donors (Lipinski definition) is 1. The lowest BCUT2D eigenvalue weighted by Crippen LogP contribution is -2.04. The maximum absolute atomic E-state index is 11.4. The number of hydrogen-bond acceptors (Lipinski definition) is 3. The molecule has 5 nitrogen and oxygen atoms in total. The van der Waals surface area contributed by atoms with E-state index in [9.17, 15) is 9.90 Å². The molecule has 2 atom stereocenters. The number of aromatic nitrogens is 2. The molecule has 0 amide bonds. The van der Waals surface area contributed by atoms with E-state index in [2.05, 4.69) is 11.5 Å². The van der Waals surface area contributed by atoms with E-state index >= 15 is 0 Å². The molecule has 1 aromatic carbocycles. The van der Waals surface area contributed by atoms with Crippen LogP contribution in [-0.2, 0) is 11.3 Å². The van der Waals surface area contributed by atoms with Crippen molar-refractivity contribution in [1.29, 1.82) is 0 Å². The first kappa shape index (κ1) is 13.9. The molecule has 2 aromatic rings. The Balaban J connectivity index is 2.13. The van der Waals surface area contributed by atoms with E-state index in [1.807, 2.05) is 32.0 Å². The lowest BCUT2D eigenvalue weighted by molar-refractivity contribution is -0.139. The van der Waals surface area contributed by atoms with E-state index in [-0.39, 0.29) is 17.3 Å². The van der Waals surface area contributed by atoms with Crippen LogP contribution in [0, 0.1) is 11.3 Å². The molecule has 0 aliphatic heterocycles. The van der Waals surface area contributed by atoms with Crippen LogP contribution >= 0.6 is 0 Å². The third kappa shape index (κ3) is 1.91. The standard InChI is InChI=1S/C16H20N2O3/c1-5-18-11-7-6-9(21-4)8-10(11)17-14(18)12-13(15(19)20)16(12,2)3/h6-8,12-13H,5H2,1-4H3,(H,19,20). The van der Waals surface area contributed by atoms with Gasteiger partial charge in [-0.1, -0.05) is 13.8 Å². The van der Waals surface area contributed by atoms with Gasteiger partial charge in [0.05, 0.1) is 24.1 Å². The smallest absolute Gasteiger partial charge is 0.307 e. The van der Waals surface area contributed by atoms with Gasteiger partial charge in [-0.05, 0) is 24.5 Å². The molecule has 0 bridgehead atoms. The quantitative estimate of drug-likeness (QED) is 0.939. The van der Waals surface area contributed by atoms with Crippen molar-refractivity contribution in [3.63, 3.8) is 0 Å². The zero-order chi connectivity index (χ0) is 15.4. The van der Waals surface area contributed by atoms with E-state index in [4.69, 9.17) is 9.72 Å². The third-order valence-electron chi connectivity index (χ3n) is 4.67. The Morgan fingerprint density at radius 1 is 1.48 bits per heavy atom. The number of aliphatic carboxylic acids is 1. The van der Waals surface area contributed by atoms with E-state index in [0.717, 1.165) is 29.2 Å². The fraction of sp³-hybridized carbons (Fsp3) is 0.500. The van der Waals surface area contributed by atoms with Gasteiger partial charge in [0.2, 0.25) is 0 Å². The van der Waals surface area contributed by atoms with E-state index in [0.29, 0.717) is 0 Å². The molecule has 1 heterocycles. The van der Waals surface area contributed by atoms with Gasteiger partial charge in [0, 0.05) is 18.5 Å². The minimum absolute atomic E-state index is 0.0339. The van der Waals surface area contributed by atoms with Crippen molar-refractivity contribution >= 4 is 17.0 Å². The summed E-state index contributed by atoms with van der Waals surface area (Å²) in [5, 5.41) is 9.38. The van der Waals surface area contributed by atoms with Gasteiger partial charge in [0.25, 0.3) is 0 Å². The van der Waals surface area contributed by atoms with Crippen molar-refractivity contribution < 1.29 is 14.6 Å². The predicted octanol–water partition coefficient (Wildman–Crippen LogP) is 2.89. The number of fused-ring (bicyclic) bond motifs is 1. The van der Waals surface area contributed by atoms with Crippen molar-refractivity contribution in [2.45, 2.75) is 33.2 Å².